The molecule has 1 amide bonds. The third-order valence-corrected chi connectivity index (χ3v) is 5.50. The van der Waals surface area contributed by atoms with Gasteiger partial charge in [0.2, 0.25) is 5.91 Å². The van der Waals surface area contributed by atoms with E-state index in [4.69, 9.17) is 9.47 Å². The SMILES string of the molecule is CC(C)OC(=O)[C@@H]1C(=O)N[C@@]23CCCC[C@@H]2[C@H]1c1ccccc1O3. The molecule has 3 aliphatic rings. The molecule has 2 fully saturated rings. The van der Waals surface area contributed by atoms with E-state index in [1.54, 1.807) is 0 Å². The van der Waals surface area contributed by atoms with E-state index in [0.29, 0.717) is 0 Å². The van der Waals surface area contributed by atoms with Crippen LogP contribution in [0.2, 0.25) is 0 Å². The summed E-state index contributed by atoms with van der Waals surface area (Å²) in [4.78, 5) is 25.5. The normalized spacial score (nSPS) is 33.8. The van der Waals surface area contributed by atoms with Crippen LogP contribution in [-0.4, -0.2) is 23.7 Å². The molecule has 1 saturated carbocycles. The minimum absolute atomic E-state index is 0.114. The highest BCUT2D eigenvalue weighted by molar-refractivity contribution is 6.00. The average Bonchev–Trinajstić information content (AvgIpc) is 2.53. The van der Waals surface area contributed by atoms with Crippen molar-refractivity contribution >= 4 is 11.9 Å². The van der Waals surface area contributed by atoms with Crippen LogP contribution in [0.1, 0.15) is 51.0 Å². The first-order valence-corrected chi connectivity index (χ1v) is 8.82. The molecule has 2 bridgehead atoms. The number of carbonyl (C=O) groups is 2. The monoisotopic (exact) mass is 329 g/mol. The maximum atomic E-state index is 12.8. The molecule has 1 saturated heterocycles. The fourth-order valence-corrected chi connectivity index (χ4v) is 4.63. The molecular weight excluding hydrogens is 306 g/mol. The van der Waals surface area contributed by atoms with E-state index in [2.05, 4.69) is 5.32 Å². The summed E-state index contributed by atoms with van der Waals surface area (Å²) in [6.07, 6.45) is 3.62. The third kappa shape index (κ3) is 2.21. The van der Waals surface area contributed by atoms with E-state index in [0.717, 1.165) is 37.0 Å². The molecule has 1 N–H and O–H groups in total. The molecule has 0 unspecified atom stereocenters. The van der Waals surface area contributed by atoms with E-state index in [1.807, 2.05) is 38.1 Å². The molecule has 1 aromatic carbocycles. The number of fused-ring (bicyclic) bond motifs is 2. The van der Waals surface area contributed by atoms with Gasteiger partial charge in [0.05, 0.1) is 6.10 Å². The molecule has 2 heterocycles. The van der Waals surface area contributed by atoms with Crippen molar-refractivity contribution in [3.05, 3.63) is 29.8 Å². The molecule has 2 aliphatic heterocycles. The summed E-state index contributed by atoms with van der Waals surface area (Å²) in [5.74, 6) is -0.767. The highest BCUT2D eigenvalue weighted by Crippen LogP contribution is 2.55. The predicted octanol–water partition coefficient (Wildman–Crippen LogP) is 2.75. The quantitative estimate of drug-likeness (QED) is 0.669. The fraction of sp³-hybridized carbons (Fsp3) is 0.579. The Bertz CT molecular complexity index is 686. The molecule has 0 radical (unpaired) electrons. The molecule has 0 aromatic heterocycles. The number of benzene rings is 1. The lowest BCUT2D eigenvalue weighted by Gasteiger charge is -2.55. The van der Waals surface area contributed by atoms with Crippen molar-refractivity contribution in [3.63, 3.8) is 0 Å². The summed E-state index contributed by atoms with van der Waals surface area (Å²) in [5.41, 5.74) is 0.295. The van der Waals surface area contributed by atoms with Crippen LogP contribution >= 0.6 is 0 Å². The van der Waals surface area contributed by atoms with Gasteiger partial charge in [-0.05, 0) is 38.3 Å². The number of hydrogen-bond acceptors (Lipinski definition) is 4. The van der Waals surface area contributed by atoms with Crippen molar-refractivity contribution < 1.29 is 19.1 Å². The fourth-order valence-electron chi connectivity index (χ4n) is 4.63. The van der Waals surface area contributed by atoms with Gasteiger partial charge in [-0.3, -0.25) is 9.59 Å². The number of para-hydroxylation sites is 1. The van der Waals surface area contributed by atoms with Crippen molar-refractivity contribution in [1.29, 1.82) is 0 Å². The maximum Gasteiger partial charge on any atom is 0.319 e. The molecule has 4 rings (SSSR count). The van der Waals surface area contributed by atoms with Gasteiger partial charge in [-0.1, -0.05) is 24.6 Å². The number of piperidine rings is 1. The number of hydrogen-bond donors (Lipinski definition) is 1. The second-order valence-electron chi connectivity index (χ2n) is 7.36. The average molecular weight is 329 g/mol. The van der Waals surface area contributed by atoms with E-state index in [1.165, 1.54) is 0 Å². The Morgan fingerprint density at radius 1 is 1.33 bits per heavy atom. The van der Waals surface area contributed by atoms with Crippen molar-refractivity contribution in [3.8, 4) is 5.75 Å². The van der Waals surface area contributed by atoms with E-state index in [-0.39, 0.29) is 23.8 Å². The molecule has 1 aromatic rings. The van der Waals surface area contributed by atoms with Crippen molar-refractivity contribution in [2.75, 3.05) is 0 Å². The zero-order chi connectivity index (χ0) is 16.9. The van der Waals surface area contributed by atoms with Gasteiger partial charge in [0.25, 0.3) is 0 Å². The Balaban J connectivity index is 1.82. The van der Waals surface area contributed by atoms with Crippen LogP contribution < -0.4 is 10.1 Å². The number of amides is 1. The lowest BCUT2D eigenvalue weighted by molar-refractivity contribution is -0.173. The molecule has 4 atom stereocenters. The van der Waals surface area contributed by atoms with E-state index >= 15 is 0 Å². The van der Waals surface area contributed by atoms with Crippen LogP contribution in [0.3, 0.4) is 0 Å². The third-order valence-electron chi connectivity index (χ3n) is 5.50. The number of ether oxygens (including phenoxy) is 2. The van der Waals surface area contributed by atoms with Crippen LogP contribution in [-0.2, 0) is 14.3 Å². The number of carbonyl (C=O) groups excluding carboxylic acids is 2. The Hall–Kier alpha value is -2.04. The highest BCUT2D eigenvalue weighted by atomic mass is 16.5. The molecule has 5 heteroatoms. The maximum absolute atomic E-state index is 12.8. The number of esters is 1. The lowest BCUT2D eigenvalue weighted by Crippen LogP contribution is -2.69. The summed E-state index contributed by atoms with van der Waals surface area (Å²) in [5, 5.41) is 3.05. The van der Waals surface area contributed by atoms with Gasteiger partial charge >= 0.3 is 5.97 Å². The summed E-state index contributed by atoms with van der Waals surface area (Å²) < 4.78 is 11.7. The van der Waals surface area contributed by atoms with Gasteiger partial charge in [0, 0.05) is 18.3 Å². The number of rotatable bonds is 2. The van der Waals surface area contributed by atoms with Crippen LogP contribution in [0.4, 0.5) is 0 Å². The van der Waals surface area contributed by atoms with Gasteiger partial charge in [-0.25, -0.2) is 0 Å². The number of nitrogens with one attached hydrogen (secondary N) is 1. The Kier molecular flexibility index (Phi) is 3.55. The van der Waals surface area contributed by atoms with Crippen molar-refractivity contribution in [2.45, 2.75) is 57.3 Å². The highest BCUT2D eigenvalue weighted by Gasteiger charge is 2.61. The van der Waals surface area contributed by atoms with Crippen molar-refractivity contribution in [1.82, 2.24) is 5.32 Å². The second-order valence-corrected chi connectivity index (χ2v) is 7.36. The van der Waals surface area contributed by atoms with Gasteiger partial charge in [-0.15, -0.1) is 0 Å². The lowest BCUT2D eigenvalue weighted by atomic mass is 9.62. The molecule has 24 heavy (non-hydrogen) atoms. The summed E-state index contributed by atoms with van der Waals surface area (Å²) >= 11 is 0. The first-order chi connectivity index (χ1) is 11.5. The van der Waals surface area contributed by atoms with Gasteiger partial charge in [0.15, 0.2) is 5.72 Å². The van der Waals surface area contributed by atoms with Crippen molar-refractivity contribution in [2.24, 2.45) is 11.8 Å². The van der Waals surface area contributed by atoms with Crippen LogP contribution in [0.5, 0.6) is 5.75 Å². The molecule has 5 nitrogen and oxygen atoms in total. The van der Waals surface area contributed by atoms with Gasteiger partial charge in [-0.2, -0.15) is 0 Å². The summed E-state index contributed by atoms with van der Waals surface area (Å²) in [6, 6.07) is 7.77. The van der Waals surface area contributed by atoms with Crippen LogP contribution in [0, 0.1) is 11.8 Å². The van der Waals surface area contributed by atoms with Crippen LogP contribution in [0.25, 0.3) is 0 Å². The van der Waals surface area contributed by atoms with E-state index in [9.17, 15) is 9.59 Å². The van der Waals surface area contributed by atoms with E-state index < -0.39 is 17.6 Å². The standard InChI is InChI=1S/C19H23NO4/c1-11(2)23-18(22)16-15-12-7-3-4-9-14(12)24-19(20-17(16)21)10-6-5-8-13(15)19/h3-4,7,9,11,13,15-16H,5-6,8,10H2,1-2H3,(H,20,21)/t13-,15-,16+,19-/m1/s1. The van der Waals surface area contributed by atoms with Crippen LogP contribution in [0.15, 0.2) is 24.3 Å². The largest absolute Gasteiger partial charge is 0.467 e. The Morgan fingerprint density at radius 3 is 2.92 bits per heavy atom. The minimum atomic E-state index is -0.798. The minimum Gasteiger partial charge on any atom is -0.467 e. The molecular formula is C19H23NO4. The summed E-state index contributed by atoms with van der Waals surface area (Å²) in [6.45, 7) is 3.61. The first kappa shape index (κ1) is 15.5. The van der Waals surface area contributed by atoms with Gasteiger partial charge in [0.1, 0.15) is 11.7 Å². The summed E-state index contributed by atoms with van der Waals surface area (Å²) in [7, 11) is 0. The Morgan fingerprint density at radius 2 is 2.12 bits per heavy atom. The topological polar surface area (TPSA) is 64.6 Å². The predicted molar refractivity (Wildman–Crippen MR) is 87.4 cm³/mol. The Labute approximate surface area is 141 Å². The second kappa shape index (κ2) is 5.50. The smallest absolute Gasteiger partial charge is 0.319 e. The first-order valence-electron chi connectivity index (χ1n) is 8.82. The van der Waals surface area contributed by atoms with Gasteiger partial charge < -0.3 is 14.8 Å². The zero-order valence-corrected chi connectivity index (χ0v) is 14.1. The zero-order valence-electron chi connectivity index (χ0n) is 14.1. The molecule has 1 aliphatic carbocycles. The molecule has 0 spiro atoms. The molecule has 128 valence electrons.